The minimum Gasteiger partial charge on any atom is -0.474 e. The Morgan fingerprint density at radius 1 is 1.15 bits per heavy atom. The van der Waals surface area contributed by atoms with Gasteiger partial charge in [0.15, 0.2) is 0 Å². The van der Waals surface area contributed by atoms with Crippen LogP contribution >= 0.6 is 34.8 Å². The number of amides is 1. The molecule has 1 aliphatic heterocycles. The monoisotopic (exact) mass is 527 g/mol. The van der Waals surface area contributed by atoms with Gasteiger partial charge in [-0.3, -0.25) is 9.10 Å². The standard InChI is InChI=1S/C21H16Cl3N3O5S/c22-12-3-1-4-15(7-12)33(30,31)27-14(10-28)11-32-21-18(27)8-13(9-25-21)26-20(29)19-16(23)5-2-6-17(19)24/h1-9,14,28H,10-11H2,(H,26,29). The molecule has 12 heteroatoms. The van der Waals surface area contributed by atoms with E-state index < -0.39 is 28.6 Å². The Morgan fingerprint density at radius 3 is 2.52 bits per heavy atom. The van der Waals surface area contributed by atoms with Crippen molar-refractivity contribution in [2.75, 3.05) is 22.8 Å². The first-order valence-electron chi connectivity index (χ1n) is 9.51. The average molecular weight is 529 g/mol. The van der Waals surface area contributed by atoms with E-state index in [0.717, 1.165) is 4.31 Å². The molecule has 1 amide bonds. The number of rotatable bonds is 5. The molecule has 2 N–H and O–H groups in total. The van der Waals surface area contributed by atoms with Crippen LogP contribution in [-0.2, 0) is 10.0 Å². The van der Waals surface area contributed by atoms with Crippen molar-refractivity contribution in [3.05, 3.63) is 75.4 Å². The molecular weight excluding hydrogens is 513 g/mol. The lowest BCUT2D eigenvalue weighted by molar-refractivity contribution is 0.102. The van der Waals surface area contributed by atoms with Crippen molar-refractivity contribution >= 4 is 62.1 Å². The fraction of sp³-hybridized carbons (Fsp3) is 0.143. The van der Waals surface area contributed by atoms with Crippen LogP contribution in [0.15, 0.2) is 59.6 Å². The third-order valence-electron chi connectivity index (χ3n) is 4.83. The Balaban J connectivity index is 1.75. The van der Waals surface area contributed by atoms with Crippen molar-refractivity contribution in [3.63, 3.8) is 0 Å². The number of aromatic nitrogens is 1. The smallest absolute Gasteiger partial charge is 0.265 e. The number of aliphatic hydroxyl groups excluding tert-OH is 1. The van der Waals surface area contributed by atoms with Crippen LogP contribution in [0.5, 0.6) is 5.88 Å². The molecule has 0 bridgehead atoms. The molecule has 1 atom stereocenters. The highest BCUT2D eigenvalue weighted by molar-refractivity contribution is 7.92. The van der Waals surface area contributed by atoms with Gasteiger partial charge in [0.25, 0.3) is 15.9 Å². The number of nitrogens with one attached hydrogen (secondary N) is 1. The van der Waals surface area contributed by atoms with Crippen LogP contribution in [0.25, 0.3) is 0 Å². The molecular formula is C21H16Cl3N3O5S. The van der Waals surface area contributed by atoms with Crippen molar-refractivity contribution in [1.82, 2.24) is 4.98 Å². The zero-order chi connectivity index (χ0) is 23.8. The second-order valence-corrected chi connectivity index (χ2v) is 10.1. The summed E-state index contributed by atoms with van der Waals surface area (Å²) in [5, 5.41) is 13.0. The first kappa shape index (κ1) is 23.6. The van der Waals surface area contributed by atoms with E-state index >= 15 is 0 Å². The summed E-state index contributed by atoms with van der Waals surface area (Å²) in [6.07, 6.45) is 1.31. The topological polar surface area (TPSA) is 109 Å². The summed E-state index contributed by atoms with van der Waals surface area (Å²) in [6, 6.07) is 10.9. The Hall–Kier alpha value is -2.56. The van der Waals surface area contributed by atoms with Crippen LogP contribution in [0.1, 0.15) is 10.4 Å². The fourth-order valence-electron chi connectivity index (χ4n) is 3.32. The van der Waals surface area contributed by atoms with E-state index in [1.807, 2.05) is 0 Å². The van der Waals surface area contributed by atoms with Crippen molar-refractivity contribution in [2.45, 2.75) is 10.9 Å². The number of ether oxygens (including phenoxy) is 1. The number of fused-ring (bicyclic) bond motifs is 1. The third-order valence-corrected chi connectivity index (χ3v) is 7.55. The van der Waals surface area contributed by atoms with Crippen molar-refractivity contribution in [3.8, 4) is 5.88 Å². The Bertz CT molecular complexity index is 1320. The molecule has 0 radical (unpaired) electrons. The number of halogens is 3. The van der Waals surface area contributed by atoms with Gasteiger partial charge in [-0.25, -0.2) is 13.4 Å². The summed E-state index contributed by atoms with van der Waals surface area (Å²) >= 11 is 18.2. The molecule has 33 heavy (non-hydrogen) atoms. The van der Waals surface area contributed by atoms with Gasteiger partial charge in [-0.2, -0.15) is 0 Å². The average Bonchev–Trinajstić information content (AvgIpc) is 2.78. The fourth-order valence-corrected chi connectivity index (χ4v) is 5.81. The van der Waals surface area contributed by atoms with Gasteiger partial charge in [0, 0.05) is 5.02 Å². The summed E-state index contributed by atoms with van der Waals surface area (Å²) in [5.41, 5.74) is 0.276. The normalized spacial score (nSPS) is 15.5. The van der Waals surface area contributed by atoms with E-state index in [1.54, 1.807) is 12.1 Å². The molecule has 8 nitrogen and oxygen atoms in total. The highest BCUT2D eigenvalue weighted by Gasteiger charge is 2.38. The van der Waals surface area contributed by atoms with E-state index in [9.17, 15) is 18.3 Å². The van der Waals surface area contributed by atoms with Crippen molar-refractivity contribution in [2.24, 2.45) is 0 Å². The van der Waals surface area contributed by atoms with Crippen LogP contribution in [0.3, 0.4) is 0 Å². The van der Waals surface area contributed by atoms with Gasteiger partial charge in [0.2, 0.25) is 5.88 Å². The largest absolute Gasteiger partial charge is 0.474 e. The van der Waals surface area contributed by atoms with Gasteiger partial charge in [0.1, 0.15) is 18.3 Å². The van der Waals surface area contributed by atoms with E-state index in [-0.39, 0.29) is 49.4 Å². The first-order valence-corrected chi connectivity index (χ1v) is 12.1. The van der Waals surface area contributed by atoms with Crippen LogP contribution < -0.4 is 14.4 Å². The van der Waals surface area contributed by atoms with Crippen LogP contribution in [0, 0.1) is 0 Å². The van der Waals surface area contributed by atoms with Gasteiger partial charge in [-0.05, 0) is 36.4 Å². The van der Waals surface area contributed by atoms with Gasteiger partial charge in [-0.15, -0.1) is 0 Å². The molecule has 0 aliphatic carbocycles. The lowest BCUT2D eigenvalue weighted by atomic mass is 10.2. The summed E-state index contributed by atoms with van der Waals surface area (Å²) in [7, 11) is -4.16. The molecule has 0 saturated carbocycles. The minimum atomic E-state index is -4.16. The molecule has 4 rings (SSSR count). The maximum absolute atomic E-state index is 13.5. The number of pyridine rings is 1. The van der Waals surface area contributed by atoms with E-state index in [2.05, 4.69) is 10.3 Å². The number of sulfonamides is 1. The molecule has 172 valence electrons. The van der Waals surface area contributed by atoms with Gasteiger partial charge < -0.3 is 15.2 Å². The number of hydrogen-bond acceptors (Lipinski definition) is 6. The van der Waals surface area contributed by atoms with Crippen molar-refractivity contribution in [1.29, 1.82) is 0 Å². The van der Waals surface area contributed by atoms with Crippen LogP contribution in [0.4, 0.5) is 11.4 Å². The number of hydrogen-bond donors (Lipinski definition) is 2. The van der Waals surface area contributed by atoms with Crippen LogP contribution in [0.2, 0.25) is 15.1 Å². The lowest BCUT2D eigenvalue weighted by Crippen LogP contribution is -2.49. The molecule has 2 aromatic carbocycles. The van der Waals surface area contributed by atoms with E-state index in [1.165, 1.54) is 42.6 Å². The molecule has 1 aliphatic rings. The highest BCUT2D eigenvalue weighted by Crippen LogP contribution is 2.38. The van der Waals surface area contributed by atoms with Gasteiger partial charge >= 0.3 is 0 Å². The number of carbonyl (C=O) groups excluding carboxylic acids is 1. The predicted octanol–water partition coefficient (Wildman–Crippen LogP) is 4.24. The summed E-state index contributed by atoms with van der Waals surface area (Å²) in [4.78, 5) is 16.8. The molecule has 0 fully saturated rings. The van der Waals surface area contributed by atoms with Crippen molar-refractivity contribution < 1.29 is 23.1 Å². The Morgan fingerprint density at radius 2 is 1.85 bits per heavy atom. The number of aliphatic hydroxyl groups is 1. The minimum absolute atomic E-state index is 0.0269. The highest BCUT2D eigenvalue weighted by atomic mass is 35.5. The summed E-state index contributed by atoms with van der Waals surface area (Å²) < 4.78 is 33.5. The Kier molecular flexibility index (Phi) is 6.69. The van der Waals surface area contributed by atoms with E-state index in [0.29, 0.717) is 0 Å². The zero-order valence-electron chi connectivity index (χ0n) is 16.7. The quantitative estimate of drug-likeness (QED) is 0.513. The molecule has 2 heterocycles. The van der Waals surface area contributed by atoms with Gasteiger partial charge in [-0.1, -0.05) is 46.9 Å². The SMILES string of the molecule is O=C(Nc1cnc2c(c1)N(S(=O)(=O)c1cccc(Cl)c1)C(CO)CO2)c1c(Cl)cccc1Cl. The summed E-state index contributed by atoms with van der Waals surface area (Å²) in [5.74, 6) is -0.578. The number of carbonyl (C=O) groups is 1. The maximum atomic E-state index is 13.5. The number of anilines is 2. The predicted molar refractivity (Wildman–Crippen MR) is 126 cm³/mol. The molecule has 1 unspecified atom stereocenters. The second-order valence-electron chi connectivity index (χ2n) is 7.00. The van der Waals surface area contributed by atoms with Gasteiger partial charge in [0.05, 0.1) is 39.0 Å². The first-order chi connectivity index (χ1) is 15.7. The number of nitrogens with zero attached hydrogens (tertiary/aromatic N) is 2. The Labute approximate surface area is 204 Å². The third kappa shape index (κ3) is 4.60. The zero-order valence-corrected chi connectivity index (χ0v) is 19.8. The molecule has 0 saturated heterocycles. The molecule has 0 spiro atoms. The lowest BCUT2D eigenvalue weighted by Gasteiger charge is -2.36. The molecule has 1 aromatic heterocycles. The van der Waals surface area contributed by atoms with E-state index in [4.69, 9.17) is 39.5 Å². The maximum Gasteiger partial charge on any atom is 0.265 e. The second kappa shape index (κ2) is 9.36. The number of benzene rings is 2. The van der Waals surface area contributed by atoms with Crippen LogP contribution in [-0.4, -0.2) is 43.7 Å². The summed E-state index contributed by atoms with van der Waals surface area (Å²) in [6.45, 7) is -0.623. The molecule has 3 aromatic rings.